The van der Waals surface area contributed by atoms with E-state index in [1.807, 2.05) is 6.08 Å². The number of carbonyl (C=O) groups is 4. The van der Waals surface area contributed by atoms with E-state index < -0.39 is 24.5 Å². The Morgan fingerprint density at radius 1 is 0.566 bits per heavy atom. The first kappa shape index (κ1) is 50.6. The number of unbranched alkanes of at least 4 members (excludes halogenated alkanes) is 26. The SMILES string of the molecule is CCCC/C=C\C(CCCCCCC(=O)NCC(=O)NC(CO)C(=O)O)OC(=O)CCCCCCCCCCCCCCCCCCCCCCCC. The van der Waals surface area contributed by atoms with Gasteiger partial charge in [0, 0.05) is 12.8 Å². The number of esters is 1. The van der Waals surface area contributed by atoms with Gasteiger partial charge in [-0.15, -0.1) is 0 Å². The number of aliphatic hydroxyl groups is 1. The average molecular weight is 751 g/mol. The van der Waals surface area contributed by atoms with Crippen LogP contribution in [0.4, 0.5) is 0 Å². The Bertz CT molecular complexity index is 910. The molecule has 0 spiro atoms. The van der Waals surface area contributed by atoms with Crippen LogP contribution in [-0.4, -0.2) is 59.3 Å². The van der Waals surface area contributed by atoms with Crippen LogP contribution in [0.1, 0.15) is 219 Å². The highest BCUT2D eigenvalue weighted by Crippen LogP contribution is 2.17. The van der Waals surface area contributed by atoms with Gasteiger partial charge in [-0.1, -0.05) is 180 Å². The summed E-state index contributed by atoms with van der Waals surface area (Å²) < 4.78 is 5.85. The minimum atomic E-state index is -1.39. The molecular formula is C44H82N2O7. The molecule has 0 fully saturated rings. The van der Waals surface area contributed by atoms with Gasteiger partial charge in [0.05, 0.1) is 13.2 Å². The lowest BCUT2D eigenvalue weighted by Crippen LogP contribution is -2.47. The van der Waals surface area contributed by atoms with Gasteiger partial charge in [-0.3, -0.25) is 14.4 Å². The number of hydrogen-bond acceptors (Lipinski definition) is 6. The first-order chi connectivity index (χ1) is 25.8. The molecule has 9 heteroatoms. The number of carbonyl (C=O) groups excluding carboxylic acids is 3. The molecule has 2 unspecified atom stereocenters. The maximum absolute atomic E-state index is 12.6. The smallest absolute Gasteiger partial charge is 0.328 e. The van der Waals surface area contributed by atoms with Crippen LogP contribution in [0, 0.1) is 0 Å². The average Bonchev–Trinajstić information content (AvgIpc) is 3.14. The van der Waals surface area contributed by atoms with Crippen LogP contribution in [0.3, 0.4) is 0 Å². The summed E-state index contributed by atoms with van der Waals surface area (Å²) in [5, 5.41) is 22.5. The Balaban J connectivity index is 3.86. The number of rotatable bonds is 40. The van der Waals surface area contributed by atoms with E-state index in [0.29, 0.717) is 12.8 Å². The number of amides is 2. The Morgan fingerprint density at radius 2 is 1.00 bits per heavy atom. The molecule has 310 valence electrons. The Hall–Kier alpha value is -2.42. The highest BCUT2D eigenvalue weighted by Gasteiger charge is 2.18. The number of ether oxygens (including phenoxy) is 1. The molecule has 0 aliphatic carbocycles. The second kappa shape index (κ2) is 39.3. The molecule has 2 amide bonds. The summed E-state index contributed by atoms with van der Waals surface area (Å²) in [6.45, 7) is 3.39. The van der Waals surface area contributed by atoms with Crippen molar-refractivity contribution in [1.29, 1.82) is 0 Å². The zero-order chi connectivity index (χ0) is 39.0. The van der Waals surface area contributed by atoms with Crippen LogP contribution in [0.5, 0.6) is 0 Å². The van der Waals surface area contributed by atoms with Crippen LogP contribution < -0.4 is 10.6 Å². The minimum Gasteiger partial charge on any atom is -0.480 e. The minimum absolute atomic E-state index is 0.113. The first-order valence-corrected chi connectivity index (χ1v) is 22.1. The van der Waals surface area contributed by atoms with E-state index in [0.717, 1.165) is 57.8 Å². The van der Waals surface area contributed by atoms with Gasteiger partial charge in [0.2, 0.25) is 11.8 Å². The van der Waals surface area contributed by atoms with E-state index in [1.54, 1.807) is 0 Å². The van der Waals surface area contributed by atoms with Crippen LogP contribution >= 0.6 is 0 Å². The quantitative estimate of drug-likeness (QED) is 0.0277. The second-order valence-corrected chi connectivity index (χ2v) is 15.1. The summed E-state index contributed by atoms with van der Waals surface area (Å²) >= 11 is 0. The highest BCUT2D eigenvalue weighted by molar-refractivity contribution is 5.87. The molecule has 2 atom stereocenters. The predicted molar refractivity (Wildman–Crippen MR) is 218 cm³/mol. The van der Waals surface area contributed by atoms with E-state index in [4.69, 9.17) is 14.9 Å². The lowest BCUT2D eigenvalue weighted by Gasteiger charge is -2.15. The molecule has 0 aliphatic heterocycles. The third-order valence-corrected chi connectivity index (χ3v) is 10.00. The Labute approximate surface area is 324 Å². The molecule has 0 aromatic carbocycles. The van der Waals surface area contributed by atoms with Crippen LogP contribution in [0.15, 0.2) is 12.2 Å². The van der Waals surface area contributed by atoms with E-state index in [9.17, 15) is 19.2 Å². The highest BCUT2D eigenvalue weighted by atomic mass is 16.5. The molecule has 0 aliphatic rings. The summed E-state index contributed by atoms with van der Waals surface area (Å²) in [5.74, 6) is -2.39. The zero-order valence-electron chi connectivity index (χ0n) is 34.3. The molecule has 0 saturated heterocycles. The number of carboxylic acid groups (broad SMARTS) is 1. The van der Waals surface area contributed by atoms with Crippen molar-refractivity contribution in [2.75, 3.05) is 13.2 Å². The summed E-state index contributed by atoms with van der Waals surface area (Å²) in [4.78, 5) is 47.3. The molecule has 0 bridgehead atoms. The van der Waals surface area contributed by atoms with Crippen molar-refractivity contribution in [2.24, 2.45) is 0 Å². The van der Waals surface area contributed by atoms with Crippen LogP contribution in [0.25, 0.3) is 0 Å². The molecule has 0 aromatic rings. The van der Waals surface area contributed by atoms with Crippen molar-refractivity contribution in [3.05, 3.63) is 12.2 Å². The zero-order valence-corrected chi connectivity index (χ0v) is 34.3. The molecule has 9 nitrogen and oxygen atoms in total. The molecule has 53 heavy (non-hydrogen) atoms. The van der Waals surface area contributed by atoms with E-state index in [1.165, 1.54) is 128 Å². The third kappa shape index (κ3) is 36.3. The van der Waals surface area contributed by atoms with Gasteiger partial charge in [-0.25, -0.2) is 4.79 Å². The Kier molecular flexibility index (Phi) is 37.5. The van der Waals surface area contributed by atoms with Crippen LogP contribution in [-0.2, 0) is 23.9 Å². The van der Waals surface area contributed by atoms with Crippen molar-refractivity contribution >= 4 is 23.8 Å². The number of carboxylic acids is 1. The monoisotopic (exact) mass is 751 g/mol. The fourth-order valence-electron chi connectivity index (χ4n) is 6.55. The maximum atomic E-state index is 12.6. The summed E-state index contributed by atoms with van der Waals surface area (Å²) in [5.41, 5.74) is 0. The number of allylic oxidation sites excluding steroid dienone is 1. The van der Waals surface area contributed by atoms with Gasteiger partial charge in [0.25, 0.3) is 0 Å². The van der Waals surface area contributed by atoms with Crippen LogP contribution in [0.2, 0.25) is 0 Å². The number of aliphatic carboxylic acids is 1. The summed E-state index contributed by atoms with van der Waals surface area (Å²) in [7, 11) is 0. The Morgan fingerprint density at radius 3 is 1.45 bits per heavy atom. The number of aliphatic hydroxyl groups excluding tert-OH is 1. The van der Waals surface area contributed by atoms with Crippen molar-refractivity contribution in [3.8, 4) is 0 Å². The summed E-state index contributed by atoms with van der Waals surface area (Å²) in [6, 6.07) is -1.39. The van der Waals surface area contributed by atoms with Gasteiger partial charge in [0.15, 0.2) is 0 Å². The first-order valence-electron chi connectivity index (χ1n) is 22.1. The fraction of sp³-hybridized carbons (Fsp3) is 0.864. The molecule has 0 rings (SSSR count). The third-order valence-electron chi connectivity index (χ3n) is 10.00. The molecule has 0 heterocycles. The molecule has 0 radical (unpaired) electrons. The second-order valence-electron chi connectivity index (χ2n) is 15.1. The lowest BCUT2D eigenvalue weighted by molar-refractivity contribution is -0.147. The van der Waals surface area contributed by atoms with Gasteiger partial charge >= 0.3 is 11.9 Å². The largest absolute Gasteiger partial charge is 0.480 e. The maximum Gasteiger partial charge on any atom is 0.328 e. The van der Waals surface area contributed by atoms with Crippen molar-refractivity contribution in [1.82, 2.24) is 10.6 Å². The van der Waals surface area contributed by atoms with E-state index >= 15 is 0 Å². The number of nitrogens with one attached hydrogen (secondary N) is 2. The molecular weight excluding hydrogens is 668 g/mol. The van der Waals surface area contributed by atoms with Gasteiger partial charge < -0.3 is 25.6 Å². The topological polar surface area (TPSA) is 142 Å². The lowest BCUT2D eigenvalue weighted by atomic mass is 10.0. The fourth-order valence-corrected chi connectivity index (χ4v) is 6.55. The van der Waals surface area contributed by atoms with Crippen molar-refractivity contribution in [3.63, 3.8) is 0 Å². The predicted octanol–water partition coefficient (Wildman–Crippen LogP) is 10.7. The standard InChI is InChI=1S/C44H82N2O7/c1-3-5-7-9-10-11-12-13-14-15-16-17-18-19-20-21-22-23-24-25-26-32-36-43(50)53-39(33-29-8-6-4-2)34-30-27-28-31-35-41(48)45-37-42(49)46-40(38-47)44(51)52/h29,33,39-40,47H,3-28,30-32,34-38H2,1-2H3,(H,45,48)(H,46,49)(H,51,52)/b33-29-. The van der Waals surface area contributed by atoms with Crippen molar-refractivity contribution in [2.45, 2.75) is 231 Å². The van der Waals surface area contributed by atoms with Gasteiger partial charge in [0.1, 0.15) is 12.1 Å². The molecule has 4 N–H and O–H groups in total. The van der Waals surface area contributed by atoms with Crippen molar-refractivity contribution < 1.29 is 34.1 Å². The van der Waals surface area contributed by atoms with E-state index in [-0.39, 0.29) is 30.9 Å². The molecule has 0 saturated carbocycles. The van der Waals surface area contributed by atoms with E-state index in [2.05, 4.69) is 30.6 Å². The van der Waals surface area contributed by atoms with Gasteiger partial charge in [-0.2, -0.15) is 0 Å². The van der Waals surface area contributed by atoms with Gasteiger partial charge in [-0.05, 0) is 38.2 Å². The molecule has 0 aromatic heterocycles. The summed E-state index contributed by atoms with van der Waals surface area (Å²) in [6.07, 6.45) is 41.6. The normalized spacial score (nSPS) is 12.5. The number of hydrogen-bond donors (Lipinski definition) is 4.